The Morgan fingerprint density at radius 3 is 2.57 bits per heavy atom. The van der Waals surface area contributed by atoms with E-state index in [2.05, 4.69) is 6.92 Å². The first-order valence-electron chi connectivity index (χ1n) is 7.63. The summed E-state index contributed by atoms with van der Waals surface area (Å²) in [4.78, 5) is 11.7. The second kappa shape index (κ2) is 8.30. The van der Waals surface area contributed by atoms with Gasteiger partial charge >= 0.3 is 6.16 Å². The average molecular weight is 286 g/mol. The van der Waals surface area contributed by atoms with Crippen molar-refractivity contribution in [1.82, 2.24) is 0 Å². The zero-order valence-corrected chi connectivity index (χ0v) is 12.5. The Morgan fingerprint density at radius 2 is 1.71 bits per heavy atom. The van der Waals surface area contributed by atoms with Gasteiger partial charge in [0, 0.05) is 5.39 Å². The lowest BCUT2D eigenvalue weighted by atomic mass is 10.1. The first-order valence-corrected chi connectivity index (χ1v) is 7.63. The minimum Gasteiger partial charge on any atom is -0.434 e. The molecule has 2 rings (SSSR count). The van der Waals surface area contributed by atoms with Gasteiger partial charge in [0.15, 0.2) is 0 Å². The quantitative estimate of drug-likeness (QED) is 0.392. The van der Waals surface area contributed by atoms with Gasteiger partial charge in [-0.25, -0.2) is 4.79 Å². The van der Waals surface area contributed by atoms with Crippen LogP contribution < -0.4 is 4.74 Å². The summed E-state index contributed by atoms with van der Waals surface area (Å²) < 4.78 is 10.4. The van der Waals surface area contributed by atoms with E-state index in [9.17, 15) is 4.79 Å². The van der Waals surface area contributed by atoms with Gasteiger partial charge in [-0.3, -0.25) is 0 Å². The van der Waals surface area contributed by atoms with Crippen LogP contribution in [0.4, 0.5) is 4.79 Å². The van der Waals surface area contributed by atoms with Crippen molar-refractivity contribution in [2.75, 3.05) is 6.61 Å². The molecule has 0 aliphatic rings. The molecule has 0 bridgehead atoms. The Kier molecular flexibility index (Phi) is 6.07. The lowest BCUT2D eigenvalue weighted by Gasteiger charge is -2.08. The summed E-state index contributed by atoms with van der Waals surface area (Å²) in [6.07, 6.45) is 5.00. The third kappa shape index (κ3) is 4.78. The van der Waals surface area contributed by atoms with E-state index in [0.717, 1.165) is 23.6 Å². The SMILES string of the molecule is CCCCCCCOC(=O)Oc1cccc2ccccc12. The molecule has 0 radical (unpaired) electrons. The second-order valence-electron chi connectivity index (χ2n) is 5.09. The van der Waals surface area contributed by atoms with Crippen molar-refractivity contribution in [1.29, 1.82) is 0 Å². The van der Waals surface area contributed by atoms with Crippen molar-refractivity contribution in [3.05, 3.63) is 42.5 Å². The highest BCUT2D eigenvalue weighted by Gasteiger charge is 2.08. The first-order chi connectivity index (χ1) is 10.3. The van der Waals surface area contributed by atoms with E-state index in [0.29, 0.717) is 12.4 Å². The minimum atomic E-state index is -0.623. The largest absolute Gasteiger partial charge is 0.513 e. The standard InChI is InChI=1S/C18H22O3/c1-2-3-4-5-8-14-20-18(19)21-17-13-9-11-15-10-6-7-12-16(15)17/h6-7,9-13H,2-5,8,14H2,1H3. The second-order valence-corrected chi connectivity index (χ2v) is 5.09. The molecule has 0 heterocycles. The van der Waals surface area contributed by atoms with Crippen LogP contribution in [-0.2, 0) is 4.74 Å². The number of hydrogen-bond donors (Lipinski definition) is 0. The Morgan fingerprint density at radius 1 is 0.952 bits per heavy atom. The summed E-state index contributed by atoms with van der Waals surface area (Å²) in [5, 5.41) is 1.96. The molecule has 3 nitrogen and oxygen atoms in total. The van der Waals surface area contributed by atoms with Crippen molar-refractivity contribution in [2.45, 2.75) is 39.0 Å². The molecule has 0 fully saturated rings. The molecule has 0 aromatic heterocycles. The highest BCUT2D eigenvalue weighted by Crippen LogP contribution is 2.25. The number of ether oxygens (including phenoxy) is 2. The predicted molar refractivity (Wildman–Crippen MR) is 84.7 cm³/mol. The van der Waals surface area contributed by atoms with E-state index in [4.69, 9.17) is 9.47 Å². The van der Waals surface area contributed by atoms with Gasteiger partial charge in [0.2, 0.25) is 0 Å². The minimum absolute atomic E-state index is 0.424. The van der Waals surface area contributed by atoms with Crippen LogP contribution in [0.1, 0.15) is 39.0 Å². The van der Waals surface area contributed by atoms with Crippen LogP contribution in [0.2, 0.25) is 0 Å². The molecular weight excluding hydrogens is 264 g/mol. The molecule has 0 atom stereocenters. The van der Waals surface area contributed by atoms with Crippen molar-refractivity contribution in [3.63, 3.8) is 0 Å². The predicted octanol–water partition coefficient (Wildman–Crippen LogP) is 5.33. The van der Waals surface area contributed by atoms with Gasteiger partial charge in [0.1, 0.15) is 5.75 Å². The Balaban J connectivity index is 1.82. The molecule has 21 heavy (non-hydrogen) atoms. The number of unbranched alkanes of at least 4 members (excludes halogenated alkanes) is 4. The number of hydrogen-bond acceptors (Lipinski definition) is 3. The molecule has 0 unspecified atom stereocenters. The molecule has 112 valence electrons. The number of rotatable bonds is 7. The van der Waals surface area contributed by atoms with Gasteiger partial charge in [-0.2, -0.15) is 0 Å². The zero-order chi connectivity index (χ0) is 14.9. The molecule has 0 N–H and O–H groups in total. The van der Waals surface area contributed by atoms with Gasteiger partial charge in [-0.1, -0.05) is 69.0 Å². The van der Waals surface area contributed by atoms with Crippen LogP contribution in [0.15, 0.2) is 42.5 Å². The molecule has 0 aliphatic heterocycles. The maximum absolute atomic E-state index is 11.7. The molecule has 0 amide bonds. The molecule has 2 aromatic carbocycles. The van der Waals surface area contributed by atoms with Crippen LogP contribution in [-0.4, -0.2) is 12.8 Å². The third-order valence-corrected chi connectivity index (χ3v) is 3.41. The van der Waals surface area contributed by atoms with Crippen molar-refractivity contribution in [3.8, 4) is 5.75 Å². The third-order valence-electron chi connectivity index (χ3n) is 3.41. The summed E-state index contributed by atoms with van der Waals surface area (Å²) in [5.41, 5.74) is 0. The summed E-state index contributed by atoms with van der Waals surface area (Å²) in [5.74, 6) is 0.545. The maximum Gasteiger partial charge on any atom is 0.513 e. The van der Waals surface area contributed by atoms with Crippen molar-refractivity contribution >= 4 is 16.9 Å². The van der Waals surface area contributed by atoms with E-state index < -0.39 is 6.16 Å². The Bertz CT molecular complexity index is 572. The Labute approximate surface area is 125 Å². The first kappa shape index (κ1) is 15.4. The average Bonchev–Trinajstić information content (AvgIpc) is 2.51. The molecule has 0 saturated heterocycles. The zero-order valence-electron chi connectivity index (χ0n) is 12.5. The van der Waals surface area contributed by atoms with E-state index >= 15 is 0 Å². The van der Waals surface area contributed by atoms with Gasteiger partial charge in [0.05, 0.1) is 6.61 Å². The Hall–Kier alpha value is -2.03. The number of carbonyl (C=O) groups is 1. The highest BCUT2D eigenvalue weighted by molar-refractivity contribution is 5.89. The molecule has 2 aromatic rings. The topological polar surface area (TPSA) is 35.5 Å². The van der Waals surface area contributed by atoms with Gasteiger partial charge in [-0.15, -0.1) is 0 Å². The summed E-state index contributed by atoms with van der Waals surface area (Å²) in [6.45, 7) is 2.60. The van der Waals surface area contributed by atoms with E-state index in [1.54, 1.807) is 6.07 Å². The van der Waals surface area contributed by atoms with E-state index in [1.807, 2.05) is 36.4 Å². The van der Waals surface area contributed by atoms with E-state index in [1.165, 1.54) is 19.3 Å². The molecule has 3 heteroatoms. The van der Waals surface area contributed by atoms with Gasteiger partial charge in [0.25, 0.3) is 0 Å². The molecule has 0 saturated carbocycles. The van der Waals surface area contributed by atoms with E-state index in [-0.39, 0.29) is 0 Å². The van der Waals surface area contributed by atoms with Gasteiger partial charge in [-0.05, 0) is 17.9 Å². The molecule has 0 spiro atoms. The fourth-order valence-electron chi connectivity index (χ4n) is 2.27. The monoisotopic (exact) mass is 286 g/mol. The number of benzene rings is 2. The molecular formula is C18H22O3. The van der Waals surface area contributed by atoms with Crippen LogP contribution in [0.25, 0.3) is 10.8 Å². The van der Waals surface area contributed by atoms with Gasteiger partial charge < -0.3 is 9.47 Å². The van der Waals surface area contributed by atoms with Crippen molar-refractivity contribution in [2.24, 2.45) is 0 Å². The summed E-state index contributed by atoms with van der Waals surface area (Å²) in [6, 6.07) is 13.4. The number of carbonyl (C=O) groups excluding carboxylic acids is 1. The normalized spacial score (nSPS) is 10.5. The van der Waals surface area contributed by atoms with Crippen LogP contribution in [0.5, 0.6) is 5.75 Å². The maximum atomic E-state index is 11.7. The fraction of sp³-hybridized carbons (Fsp3) is 0.389. The smallest absolute Gasteiger partial charge is 0.434 e. The van der Waals surface area contributed by atoms with Crippen molar-refractivity contribution < 1.29 is 14.3 Å². The summed E-state index contributed by atoms with van der Waals surface area (Å²) in [7, 11) is 0. The highest BCUT2D eigenvalue weighted by atomic mass is 16.7. The van der Waals surface area contributed by atoms with Crippen LogP contribution in [0.3, 0.4) is 0 Å². The lowest BCUT2D eigenvalue weighted by molar-refractivity contribution is 0.0978. The fourth-order valence-corrected chi connectivity index (χ4v) is 2.27. The van der Waals surface area contributed by atoms with Crippen LogP contribution >= 0.6 is 0 Å². The summed E-state index contributed by atoms with van der Waals surface area (Å²) >= 11 is 0. The lowest BCUT2D eigenvalue weighted by Crippen LogP contribution is -2.11. The van der Waals surface area contributed by atoms with Crippen LogP contribution in [0, 0.1) is 0 Å². The number of fused-ring (bicyclic) bond motifs is 1. The molecule has 0 aliphatic carbocycles.